The predicted molar refractivity (Wildman–Crippen MR) is 83.3 cm³/mol. The number of carbonyl (C=O) groups is 2. The third-order valence-corrected chi connectivity index (χ3v) is 4.87. The van der Waals surface area contributed by atoms with Gasteiger partial charge in [0.2, 0.25) is 15.2 Å². The molecule has 0 spiro atoms. The van der Waals surface area contributed by atoms with Gasteiger partial charge in [-0.15, -0.1) is 0 Å². The van der Waals surface area contributed by atoms with Gasteiger partial charge in [0.1, 0.15) is 0 Å². The van der Waals surface area contributed by atoms with Crippen LogP contribution in [-0.2, 0) is 19.4 Å². The van der Waals surface area contributed by atoms with E-state index in [1.807, 2.05) is 0 Å². The molecule has 2 aromatic carbocycles. The highest BCUT2D eigenvalue weighted by atomic mass is 32.2. The lowest BCUT2D eigenvalue weighted by Gasteiger charge is -2.12. The van der Waals surface area contributed by atoms with Crippen molar-refractivity contribution in [3.05, 3.63) is 66.2 Å². The lowest BCUT2D eigenvalue weighted by molar-refractivity contribution is -0.141. The fraction of sp³-hybridized carbons (Fsp3) is 0.125. The number of esters is 1. The number of ether oxygens (including phenoxy) is 1. The summed E-state index contributed by atoms with van der Waals surface area (Å²) in [6, 6.07) is 15.5. The highest BCUT2D eigenvalue weighted by Gasteiger charge is 2.32. The van der Waals surface area contributed by atoms with Crippen molar-refractivity contribution in [2.24, 2.45) is 5.73 Å². The molecule has 0 saturated heterocycles. The van der Waals surface area contributed by atoms with Crippen LogP contribution in [0.15, 0.2) is 65.6 Å². The van der Waals surface area contributed by atoms with Gasteiger partial charge in [-0.2, -0.15) is 0 Å². The summed E-state index contributed by atoms with van der Waals surface area (Å²) < 4.78 is 29.1. The number of benzene rings is 2. The van der Waals surface area contributed by atoms with Gasteiger partial charge in [0.15, 0.2) is 12.4 Å². The second-order valence-electron chi connectivity index (χ2n) is 4.68. The molecule has 0 aliphatic rings. The van der Waals surface area contributed by atoms with Gasteiger partial charge in [0.05, 0.1) is 4.90 Å². The number of sulfone groups is 1. The van der Waals surface area contributed by atoms with E-state index in [1.165, 1.54) is 24.3 Å². The van der Waals surface area contributed by atoms with Crippen LogP contribution in [0.4, 0.5) is 0 Å². The molecular weight excluding hydrogens is 318 g/mol. The van der Waals surface area contributed by atoms with Crippen LogP contribution in [0.1, 0.15) is 10.4 Å². The van der Waals surface area contributed by atoms with E-state index < -0.39 is 33.6 Å². The number of Topliss-reactive ketones (excluding diaryl/α,β-unsaturated/α-hetero) is 1. The van der Waals surface area contributed by atoms with Crippen LogP contribution in [0.5, 0.6) is 0 Å². The zero-order valence-electron chi connectivity index (χ0n) is 12.1. The molecule has 0 aliphatic carbocycles. The van der Waals surface area contributed by atoms with Gasteiger partial charge >= 0.3 is 5.97 Å². The molecule has 6 nitrogen and oxygen atoms in total. The lowest BCUT2D eigenvalue weighted by Crippen LogP contribution is -2.40. The first-order chi connectivity index (χ1) is 10.9. The normalized spacial score (nSPS) is 12.4. The highest BCUT2D eigenvalue weighted by Crippen LogP contribution is 2.14. The minimum atomic E-state index is -4.06. The van der Waals surface area contributed by atoms with Crippen molar-refractivity contribution in [3.63, 3.8) is 0 Å². The molecule has 0 radical (unpaired) electrons. The monoisotopic (exact) mass is 333 g/mol. The van der Waals surface area contributed by atoms with E-state index in [2.05, 4.69) is 0 Å². The number of rotatable bonds is 6. The second kappa shape index (κ2) is 7.17. The maximum atomic E-state index is 12.2. The Morgan fingerprint density at radius 1 is 0.957 bits per heavy atom. The Labute approximate surface area is 133 Å². The highest BCUT2D eigenvalue weighted by molar-refractivity contribution is 7.92. The molecule has 2 aromatic rings. The van der Waals surface area contributed by atoms with Crippen molar-refractivity contribution in [1.82, 2.24) is 0 Å². The van der Waals surface area contributed by atoms with E-state index in [9.17, 15) is 18.0 Å². The van der Waals surface area contributed by atoms with E-state index in [1.54, 1.807) is 36.4 Å². The summed E-state index contributed by atoms with van der Waals surface area (Å²) in [5.74, 6) is -1.61. The Balaban J connectivity index is 2.02. The molecule has 0 saturated carbocycles. The van der Waals surface area contributed by atoms with Crippen LogP contribution in [-0.4, -0.2) is 32.2 Å². The molecule has 7 heteroatoms. The van der Waals surface area contributed by atoms with Crippen LogP contribution in [0.2, 0.25) is 0 Å². The summed E-state index contributed by atoms with van der Waals surface area (Å²) in [5.41, 5.74) is 5.84. The summed E-state index contributed by atoms with van der Waals surface area (Å²) in [6.45, 7) is -0.569. The fourth-order valence-corrected chi connectivity index (χ4v) is 2.96. The number of hydrogen-bond donors (Lipinski definition) is 1. The molecule has 0 fully saturated rings. The minimum absolute atomic E-state index is 0.0844. The number of ketones is 1. The molecule has 1 unspecified atom stereocenters. The molecule has 0 aromatic heterocycles. The standard InChI is InChI=1S/C16H15NO5S/c17-15(23(20,21)13-9-5-2-6-10-13)16(19)22-11-14(18)12-7-3-1-4-8-12/h1-10,15H,11,17H2. The zero-order chi connectivity index (χ0) is 16.9. The zero-order valence-corrected chi connectivity index (χ0v) is 12.9. The number of hydrogen-bond acceptors (Lipinski definition) is 6. The third kappa shape index (κ3) is 4.02. The molecule has 23 heavy (non-hydrogen) atoms. The van der Waals surface area contributed by atoms with Gasteiger partial charge in [0, 0.05) is 5.56 Å². The van der Waals surface area contributed by atoms with Gasteiger partial charge in [-0.1, -0.05) is 48.5 Å². The second-order valence-corrected chi connectivity index (χ2v) is 6.74. The van der Waals surface area contributed by atoms with Gasteiger partial charge < -0.3 is 10.5 Å². The summed E-state index contributed by atoms with van der Waals surface area (Å²) in [5, 5.41) is -1.88. The van der Waals surface area contributed by atoms with Crippen molar-refractivity contribution in [1.29, 1.82) is 0 Å². The molecule has 2 N–H and O–H groups in total. The predicted octanol–water partition coefficient (Wildman–Crippen LogP) is 1.17. The topological polar surface area (TPSA) is 104 Å². The van der Waals surface area contributed by atoms with Gasteiger partial charge in [-0.25, -0.2) is 13.2 Å². The van der Waals surface area contributed by atoms with Crippen molar-refractivity contribution in [2.75, 3.05) is 6.61 Å². The third-order valence-electron chi connectivity index (χ3n) is 3.08. The van der Waals surface area contributed by atoms with Crippen molar-refractivity contribution < 1.29 is 22.7 Å². The van der Waals surface area contributed by atoms with Crippen LogP contribution in [0, 0.1) is 0 Å². The van der Waals surface area contributed by atoms with E-state index in [4.69, 9.17) is 10.5 Å². The molecule has 0 bridgehead atoms. The first-order valence-corrected chi connectivity index (χ1v) is 8.27. The van der Waals surface area contributed by atoms with Crippen LogP contribution in [0.3, 0.4) is 0 Å². The minimum Gasteiger partial charge on any atom is -0.455 e. The first-order valence-electron chi connectivity index (χ1n) is 6.72. The van der Waals surface area contributed by atoms with Crippen LogP contribution >= 0.6 is 0 Å². The lowest BCUT2D eigenvalue weighted by atomic mass is 10.1. The Morgan fingerprint density at radius 2 is 1.48 bits per heavy atom. The molecule has 0 aliphatic heterocycles. The maximum absolute atomic E-state index is 12.2. The first kappa shape index (κ1) is 16.9. The molecule has 120 valence electrons. The molecule has 2 rings (SSSR count). The summed E-state index contributed by atoms with van der Waals surface area (Å²) in [6.07, 6.45) is 0. The van der Waals surface area contributed by atoms with Gasteiger partial charge in [-0.05, 0) is 12.1 Å². The summed E-state index contributed by atoms with van der Waals surface area (Å²) >= 11 is 0. The van der Waals surface area contributed by atoms with Gasteiger partial charge in [-0.3, -0.25) is 4.79 Å². The van der Waals surface area contributed by atoms with E-state index >= 15 is 0 Å². The maximum Gasteiger partial charge on any atom is 0.339 e. The van der Waals surface area contributed by atoms with Gasteiger partial charge in [0.25, 0.3) is 0 Å². The summed E-state index contributed by atoms with van der Waals surface area (Å²) in [7, 11) is -4.06. The molecule has 0 amide bonds. The number of carbonyl (C=O) groups excluding carboxylic acids is 2. The smallest absolute Gasteiger partial charge is 0.339 e. The van der Waals surface area contributed by atoms with Crippen LogP contribution in [0.25, 0.3) is 0 Å². The van der Waals surface area contributed by atoms with E-state index in [0.717, 1.165) is 0 Å². The van der Waals surface area contributed by atoms with Crippen LogP contribution < -0.4 is 5.73 Å². The quantitative estimate of drug-likeness (QED) is 0.629. The van der Waals surface area contributed by atoms with Crippen molar-refractivity contribution in [2.45, 2.75) is 10.3 Å². The average Bonchev–Trinajstić information content (AvgIpc) is 2.60. The Kier molecular flexibility index (Phi) is 5.25. The Bertz CT molecular complexity index is 788. The molecule has 0 heterocycles. The van der Waals surface area contributed by atoms with Crippen molar-refractivity contribution >= 4 is 21.6 Å². The van der Waals surface area contributed by atoms with Crippen molar-refractivity contribution in [3.8, 4) is 0 Å². The molecule has 1 atom stereocenters. The molecular formula is C16H15NO5S. The average molecular weight is 333 g/mol. The fourth-order valence-electron chi connectivity index (χ4n) is 1.81. The largest absolute Gasteiger partial charge is 0.455 e. The number of nitrogens with two attached hydrogens (primary N) is 1. The van der Waals surface area contributed by atoms with E-state index in [0.29, 0.717) is 5.56 Å². The summed E-state index contributed by atoms with van der Waals surface area (Å²) in [4.78, 5) is 23.6. The Hall–Kier alpha value is -2.51. The SMILES string of the molecule is NC(C(=O)OCC(=O)c1ccccc1)S(=O)(=O)c1ccccc1. The Morgan fingerprint density at radius 3 is 2.04 bits per heavy atom. The van der Waals surface area contributed by atoms with E-state index in [-0.39, 0.29) is 4.90 Å².